The number of aryl methyl sites for hydroxylation is 1. The van der Waals surface area contributed by atoms with Crippen molar-refractivity contribution in [3.05, 3.63) is 16.1 Å². The topological polar surface area (TPSA) is 38.9 Å². The highest BCUT2D eigenvalue weighted by Crippen LogP contribution is 2.47. The molecule has 1 fully saturated rings. The molecular weight excluding hydrogens is 156 g/mol. The first-order chi connectivity index (χ1) is 5.31. The van der Waals surface area contributed by atoms with E-state index >= 15 is 0 Å². The fourth-order valence-electron chi connectivity index (χ4n) is 1.35. The maximum Gasteiger partial charge on any atom is 0.0962 e. The van der Waals surface area contributed by atoms with E-state index in [9.17, 15) is 0 Å². The normalized spacial score (nSPS) is 28.9. The Balaban J connectivity index is 2.08. The first-order valence-corrected chi connectivity index (χ1v) is 4.81. The number of nitrogens with two attached hydrogens (primary N) is 1. The largest absolute Gasteiger partial charge is 0.330 e. The zero-order valence-corrected chi connectivity index (χ0v) is 7.40. The van der Waals surface area contributed by atoms with Gasteiger partial charge in [-0.05, 0) is 25.8 Å². The average Bonchev–Trinajstić information content (AvgIpc) is 2.68. The van der Waals surface area contributed by atoms with Crippen molar-refractivity contribution in [1.29, 1.82) is 0 Å². The lowest BCUT2D eigenvalue weighted by Crippen LogP contribution is -2.01. The predicted molar refractivity (Wildman–Crippen MR) is 46.8 cm³/mol. The summed E-state index contributed by atoms with van der Waals surface area (Å²) in [6.07, 6.45) is 1.25. The van der Waals surface area contributed by atoms with Crippen molar-refractivity contribution < 1.29 is 0 Å². The minimum absolute atomic E-state index is 0.693. The maximum absolute atomic E-state index is 5.55. The molecule has 1 aromatic rings. The van der Waals surface area contributed by atoms with E-state index in [0.29, 0.717) is 5.92 Å². The van der Waals surface area contributed by atoms with Crippen molar-refractivity contribution in [2.24, 2.45) is 11.7 Å². The Bertz CT molecular complexity index is 256. The van der Waals surface area contributed by atoms with Crippen LogP contribution in [0.15, 0.2) is 5.38 Å². The van der Waals surface area contributed by atoms with Crippen LogP contribution in [0.2, 0.25) is 0 Å². The second-order valence-corrected chi connectivity index (χ2v) is 4.05. The molecule has 3 heteroatoms. The summed E-state index contributed by atoms with van der Waals surface area (Å²) in [6, 6.07) is 0. The Labute approximate surface area is 70.5 Å². The molecule has 0 bridgehead atoms. The van der Waals surface area contributed by atoms with Gasteiger partial charge in [0.1, 0.15) is 0 Å². The second-order valence-electron chi connectivity index (χ2n) is 3.17. The van der Waals surface area contributed by atoms with Gasteiger partial charge in [-0.25, -0.2) is 4.98 Å². The molecule has 1 heterocycles. The Hall–Kier alpha value is -0.410. The quantitative estimate of drug-likeness (QED) is 0.727. The third-order valence-electron chi connectivity index (χ3n) is 2.18. The SMILES string of the molecule is Cc1csc(C2CC2CN)n1. The maximum atomic E-state index is 5.55. The molecule has 2 N–H and O–H groups in total. The number of rotatable bonds is 2. The molecule has 11 heavy (non-hydrogen) atoms. The summed E-state index contributed by atoms with van der Waals surface area (Å²) in [5.74, 6) is 1.42. The van der Waals surface area contributed by atoms with Crippen LogP contribution in [0.5, 0.6) is 0 Å². The minimum Gasteiger partial charge on any atom is -0.330 e. The number of aromatic nitrogens is 1. The molecule has 2 atom stereocenters. The van der Waals surface area contributed by atoms with Gasteiger partial charge in [-0.1, -0.05) is 0 Å². The fourth-order valence-corrected chi connectivity index (χ4v) is 2.36. The van der Waals surface area contributed by atoms with Gasteiger partial charge < -0.3 is 5.73 Å². The van der Waals surface area contributed by atoms with Crippen LogP contribution in [-0.4, -0.2) is 11.5 Å². The summed E-state index contributed by atoms with van der Waals surface area (Å²) in [6.45, 7) is 2.86. The molecule has 0 aromatic carbocycles. The van der Waals surface area contributed by atoms with Gasteiger partial charge in [0.05, 0.1) is 5.01 Å². The molecule has 2 nitrogen and oxygen atoms in total. The number of hydrogen-bond acceptors (Lipinski definition) is 3. The van der Waals surface area contributed by atoms with Crippen LogP contribution >= 0.6 is 11.3 Å². The third-order valence-corrected chi connectivity index (χ3v) is 3.27. The monoisotopic (exact) mass is 168 g/mol. The molecule has 0 saturated heterocycles. The summed E-state index contributed by atoms with van der Waals surface area (Å²) in [4.78, 5) is 4.43. The molecule has 1 aromatic heterocycles. The van der Waals surface area contributed by atoms with Crippen LogP contribution in [0, 0.1) is 12.8 Å². The first kappa shape index (κ1) is 7.25. The molecule has 0 spiro atoms. The molecule has 1 saturated carbocycles. The van der Waals surface area contributed by atoms with Crippen molar-refractivity contribution in [3.8, 4) is 0 Å². The minimum atomic E-state index is 0.693. The van der Waals surface area contributed by atoms with Crippen LogP contribution in [0.4, 0.5) is 0 Å². The van der Waals surface area contributed by atoms with Gasteiger partial charge in [-0.3, -0.25) is 0 Å². The van der Waals surface area contributed by atoms with Crippen molar-refractivity contribution in [1.82, 2.24) is 4.98 Å². The van der Waals surface area contributed by atoms with E-state index in [0.717, 1.165) is 18.2 Å². The van der Waals surface area contributed by atoms with E-state index in [1.165, 1.54) is 11.4 Å². The zero-order valence-electron chi connectivity index (χ0n) is 6.58. The van der Waals surface area contributed by atoms with Gasteiger partial charge in [0, 0.05) is 17.0 Å². The molecule has 0 radical (unpaired) electrons. The van der Waals surface area contributed by atoms with Gasteiger partial charge in [0.2, 0.25) is 0 Å². The van der Waals surface area contributed by atoms with Crippen molar-refractivity contribution in [3.63, 3.8) is 0 Å². The van der Waals surface area contributed by atoms with Gasteiger partial charge in [0.25, 0.3) is 0 Å². The summed E-state index contributed by atoms with van der Waals surface area (Å²) in [7, 11) is 0. The molecular formula is C8H12N2S. The molecule has 2 unspecified atom stereocenters. The standard InChI is InChI=1S/C8H12N2S/c1-5-4-11-8(10-5)7-2-6(7)3-9/h4,6-7H,2-3,9H2,1H3. The zero-order chi connectivity index (χ0) is 7.84. The van der Waals surface area contributed by atoms with Crippen molar-refractivity contribution in [2.45, 2.75) is 19.3 Å². The van der Waals surface area contributed by atoms with Crippen molar-refractivity contribution in [2.75, 3.05) is 6.54 Å². The van der Waals surface area contributed by atoms with Crippen LogP contribution in [0.1, 0.15) is 23.0 Å². The summed E-state index contributed by atoms with van der Waals surface area (Å²) < 4.78 is 0. The molecule has 1 aliphatic rings. The average molecular weight is 168 g/mol. The second kappa shape index (κ2) is 2.57. The van der Waals surface area contributed by atoms with Gasteiger partial charge >= 0.3 is 0 Å². The van der Waals surface area contributed by atoms with Crippen molar-refractivity contribution >= 4 is 11.3 Å². The fraction of sp³-hybridized carbons (Fsp3) is 0.625. The lowest BCUT2D eigenvalue weighted by atomic mass is 10.3. The smallest absolute Gasteiger partial charge is 0.0962 e. The van der Waals surface area contributed by atoms with E-state index < -0.39 is 0 Å². The van der Waals surface area contributed by atoms with Crippen LogP contribution in [0.3, 0.4) is 0 Å². The van der Waals surface area contributed by atoms with E-state index in [1.54, 1.807) is 11.3 Å². The number of hydrogen-bond donors (Lipinski definition) is 1. The molecule has 0 aliphatic heterocycles. The highest BCUT2D eigenvalue weighted by Gasteiger charge is 2.38. The van der Waals surface area contributed by atoms with E-state index in [4.69, 9.17) is 5.73 Å². The Morgan fingerprint density at radius 1 is 1.82 bits per heavy atom. The Kier molecular flexibility index (Phi) is 1.69. The summed E-state index contributed by atoms with van der Waals surface area (Å²) >= 11 is 1.77. The lowest BCUT2D eigenvalue weighted by Gasteiger charge is -1.89. The highest BCUT2D eigenvalue weighted by molar-refractivity contribution is 7.09. The third kappa shape index (κ3) is 1.30. The van der Waals surface area contributed by atoms with Crippen LogP contribution in [0.25, 0.3) is 0 Å². The van der Waals surface area contributed by atoms with E-state index in [1.807, 2.05) is 6.92 Å². The summed E-state index contributed by atoms with van der Waals surface area (Å²) in [5.41, 5.74) is 6.69. The molecule has 1 aliphatic carbocycles. The van der Waals surface area contributed by atoms with Gasteiger partial charge in [0.15, 0.2) is 0 Å². The van der Waals surface area contributed by atoms with Gasteiger partial charge in [-0.2, -0.15) is 0 Å². The molecule has 0 amide bonds. The van der Waals surface area contributed by atoms with E-state index in [2.05, 4.69) is 10.4 Å². The lowest BCUT2D eigenvalue weighted by molar-refractivity contribution is 0.805. The summed E-state index contributed by atoms with van der Waals surface area (Å²) in [5, 5.41) is 3.40. The molecule has 60 valence electrons. The number of nitrogens with zero attached hydrogens (tertiary/aromatic N) is 1. The molecule has 2 rings (SSSR count). The van der Waals surface area contributed by atoms with Crippen LogP contribution < -0.4 is 5.73 Å². The highest BCUT2D eigenvalue weighted by atomic mass is 32.1. The van der Waals surface area contributed by atoms with E-state index in [-0.39, 0.29) is 0 Å². The first-order valence-electron chi connectivity index (χ1n) is 3.93. The van der Waals surface area contributed by atoms with Crippen LogP contribution in [-0.2, 0) is 0 Å². The Morgan fingerprint density at radius 2 is 2.64 bits per heavy atom. The predicted octanol–water partition coefficient (Wildman–Crippen LogP) is 1.51. The van der Waals surface area contributed by atoms with Gasteiger partial charge in [-0.15, -0.1) is 11.3 Å². The Morgan fingerprint density at radius 3 is 3.09 bits per heavy atom. The number of thiazole rings is 1.